The van der Waals surface area contributed by atoms with Gasteiger partial charge >= 0.3 is 0 Å². The van der Waals surface area contributed by atoms with Crippen LogP contribution in [0, 0.1) is 0 Å². The fourth-order valence-corrected chi connectivity index (χ4v) is 2.13. The van der Waals surface area contributed by atoms with Crippen LogP contribution in [0.15, 0.2) is 0 Å². The number of amides is 2. The van der Waals surface area contributed by atoms with Gasteiger partial charge in [-0.25, -0.2) is 0 Å². The second-order valence-corrected chi connectivity index (χ2v) is 4.47. The Morgan fingerprint density at radius 2 is 2.11 bits per heavy atom. The van der Waals surface area contributed by atoms with Gasteiger partial charge in [0.05, 0.1) is 0 Å². The average Bonchev–Trinajstić information content (AvgIpc) is 2.69. The molecule has 18 heavy (non-hydrogen) atoms. The number of rotatable bonds is 7. The van der Waals surface area contributed by atoms with E-state index in [-0.39, 0.29) is 17.6 Å². The summed E-state index contributed by atoms with van der Waals surface area (Å²) in [6, 6.07) is 0. The van der Waals surface area contributed by atoms with Gasteiger partial charge < -0.3 is 22.1 Å². The van der Waals surface area contributed by atoms with Crippen LogP contribution in [-0.4, -0.2) is 29.8 Å². The van der Waals surface area contributed by atoms with E-state index < -0.39 is 0 Å². The topological polar surface area (TPSA) is 123 Å². The summed E-state index contributed by atoms with van der Waals surface area (Å²) in [5.41, 5.74) is 11.0. The normalized spacial score (nSPS) is 10.1. The van der Waals surface area contributed by atoms with E-state index in [4.69, 9.17) is 11.5 Å². The maximum atomic E-state index is 11.6. The molecule has 7 nitrogen and oxygen atoms in total. The first-order valence-electron chi connectivity index (χ1n) is 5.55. The maximum Gasteiger partial charge on any atom is 0.257 e. The van der Waals surface area contributed by atoms with E-state index in [9.17, 15) is 9.59 Å². The largest absolute Gasteiger partial charge is 0.382 e. The summed E-state index contributed by atoms with van der Waals surface area (Å²) in [6.07, 6.45) is 1.87. The quantitative estimate of drug-likeness (QED) is 0.526. The number of aromatic nitrogens is 1. The van der Waals surface area contributed by atoms with E-state index in [0.29, 0.717) is 30.0 Å². The first-order chi connectivity index (χ1) is 8.56. The molecule has 1 aromatic heterocycles. The third-order valence-corrected chi connectivity index (χ3v) is 3.13. The van der Waals surface area contributed by atoms with Crippen molar-refractivity contribution in [3.63, 3.8) is 0 Å². The second kappa shape index (κ2) is 6.80. The molecule has 0 saturated heterocycles. The van der Waals surface area contributed by atoms with Crippen molar-refractivity contribution >= 4 is 34.2 Å². The van der Waals surface area contributed by atoms with E-state index in [2.05, 4.69) is 15.0 Å². The Bertz CT molecular complexity index is 432. The lowest BCUT2D eigenvalue weighted by molar-refractivity contribution is -0.118. The lowest BCUT2D eigenvalue weighted by atomic mass is 10.2. The first kappa shape index (κ1) is 14.2. The summed E-state index contributed by atoms with van der Waals surface area (Å²) in [5, 5.41) is 6.24. The molecule has 0 aliphatic carbocycles. The van der Waals surface area contributed by atoms with Crippen LogP contribution in [0.25, 0.3) is 0 Å². The van der Waals surface area contributed by atoms with Gasteiger partial charge in [-0.1, -0.05) is 0 Å². The predicted molar refractivity (Wildman–Crippen MR) is 71.5 cm³/mol. The van der Waals surface area contributed by atoms with Crippen molar-refractivity contribution in [2.75, 3.05) is 24.6 Å². The third kappa shape index (κ3) is 3.88. The zero-order valence-corrected chi connectivity index (χ0v) is 11.0. The minimum absolute atomic E-state index is 0.221. The minimum atomic E-state index is -0.303. The number of nitrogens with zero attached hydrogens (tertiary/aromatic N) is 1. The maximum absolute atomic E-state index is 11.6. The van der Waals surface area contributed by atoms with Gasteiger partial charge in [0.1, 0.15) is 10.6 Å². The van der Waals surface area contributed by atoms with Crippen LogP contribution in [0.4, 0.5) is 10.8 Å². The Labute approximate surface area is 109 Å². The molecule has 1 heterocycles. The molecule has 0 fully saturated rings. The number of nitrogens with two attached hydrogens (primary N) is 2. The van der Waals surface area contributed by atoms with Crippen LogP contribution in [0.1, 0.15) is 29.6 Å². The molecule has 2 amide bonds. The van der Waals surface area contributed by atoms with Crippen molar-refractivity contribution < 1.29 is 9.59 Å². The van der Waals surface area contributed by atoms with Gasteiger partial charge in [0.2, 0.25) is 5.91 Å². The minimum Gasteiger partial charge on any atom is -0.382 e. The molecular weight excluding hydrogens is 254 g/mol. The standard InChI is InChI=1S/C10H17N5O2S/c1-13-9(17)7-8(12)15-18-10(7)14-5-3-2-4-6(11)16/h14H,2-5H2,1H3,(H2,11,16)(H2,12,15)(H,13,17). The van der Waals surface area contributed by atoms with Gasteiger partial charge in [0.25, 0.3) is 5.91 Å². The SMILES string of the molecule is CNC(=O)c1c(N)nsc1NCCCCC(N)=O. The Hall–Kier alpha value is -1.83. The van der Waals surface area contributed by atoms with Crippen LogP contribution in [-0.2, 0) is 4.79 Å². The predicted octanol–water partition coefficient (Wildman–Crippen LogP) is 0.152. The Balaban J connectivity index is 2.47. The lowest BCUT2D eigenvalue weighted by Crippen LogP contribution is -2.20. The highest BCUT2D eigenvalue weighted by Gasteiger charge is 2.17. The number of anilines is 2. The zero-order valence-electron chi connectivity index (χ0n) is 10.2. The molecule has 100 valence electrons. The number of unbranched alkanes of at least 4 members (excludes halogenated alkanes) is 1. The summed E-state index contributed by atoms with van der Waals surface area (Å²) < 4.78 is 3.93. The smallest absolute Gasteiger partial charge is 0.257 e. The number of carbonyl (C=O) groups excluding carboxylic acids is 2. The molecule has 0 unspecified atom stereocenters. The first-order valence-corrected chi connectivity index (χ1v) is 6.33. The Morgan fingerprint density at radius 1 is 1.39 bits per heavy atom. The summed E-state index contributed by atoms with van der Waals surface area (Å²) >= 11 is 1.15. The van der Waals surface area contributed by atoms with Crippen molar-refractivity contribution in [3.05, 3.63) is 5.56 Å². The van der Waals surface area contributed by atoms with E-state index in [1.165, 1.54) is 7.05 Å². The number of carbonyl (C=O) groups is 2. The van der Waals surface area contributed by atoms with Gasteiger partial charge in [-0.05, 0) is 24.4 Å². The molecule has 0 radical (unpaired) electrons. The van der Waals surface area contributed by atoms with Gasteiger partial charge in [-0.2, -0.15) is 4.37 Å². The van der Waals surface area contributed by atoms with Crippen molar-refractivity contribution in [1.29, 1.82) is 0 Å². The van der Waals surface area contributed by atoms with Gasteiger partial charge in [0.15, 0.2) is 5.82 Å². The van der Waals surface area contributed by atoms with Crippen LogP contribution < -0.4 is 22.1 Å². The molecule has 0 spiro atoms. The van der Waals surface area contributed by atoms with E-state index in [1.807, 2.05) is 0 Å². The summed E-state index contributed by atoms with van der Waals surface area (Å²) in [7, 11) is 1.54. The van der Waals surface area contributed by atoms with Crippen molar-refractivity contribution in [1.82, 2.24) is 9.69 Å². The molecule has 0 aliphatic rings. The van der Waals surface area contributed by atoms with Gasteiger partial charge in [-0.15, -0.1) is 0 Å². The van der Waals surface area contributed by atoms with Crippen molar-refractivity contribution in [2.24, 2.45) is 5.73 Å². The molecule has 1 aromatic rings. The fourth-order valence-electron chi connectivity index (χ4n) is 1.39. The summed E-state index contributed by atoms with van der Waals surface area (Å²) in [6.45, 7) is 0.638. The fraction of sp³-hybridized carbons (Fsp3) is 0.500. The molecule has 0 bridgehead atoms. The molecule has 8 heteroatoms. The highest BCUT2D eigenvalue weighted by Crippen LogP contribution is 2.26. The molecular formula is C10H17N5O2S. The summed E-state index contributed by atoms with van der Waals surface area (Å²) in [5.74, 6) is -0.344. The number of hydrogen-bond acceptors (Lipinski definition) is 6. The van der Waals surface area contributed by atoms with Crippen LogP contribution in [0.3, 0.4) is 0 Å². The highest BCUT2D eigenvalue weighted by atomic mass is 32.1. The molecule has 6 N–H and O–H groups in total. The molecule has 1 rings (SSSR count). The summed E-state index contributed by atoms with van der Waals surface area (Å²) in [4.78, 5) is 22.1. The number of hydrogen-bond donors (Lipinski definition) is 4. The zero-order chi connectivity index (χ0) is 13.5. The van der Waals surface area contributed by atoms with Crippen LogP contribution in [0.2, 0.25) is 0 Å². The Morgan fingerprint density at radius 3 is 2.72 bits per heavy atom. The second-order valence-electron chi connectivity index (χ2n) is 3.70. The van der Waals surface area contributed by atoms with E-state index >= 15 is 0 Å². The average molecular weight is 271 g/mol. The van der Waals surface area contributed by atoms with E-state index in [1.54, 1.807) is 0 Å². The highest BCUT2D eigenvalue weighted by molar-refractivity contribution is 7.11. The van der Waals surface area contributed by atoms with Gasteiger partial charge in [0, 0.05) is 20.0 Å². The van der Waals surface area contributed by atoms with Crippen molar-refractivity contribution in [3.8, 4) is 0 Å². The third-order valence-electron chi connectivity index (χ3n) is 2.31. The molecule has 0 aliphatic heterocycles. The lowest BCUT2D eigenvalue weighted by Gasteiger charge is -2.05. The molecule has 0 atom stereocenters. The van der Waals surface area contributed by atoms with Crippen LogP contribution >= 0.6 is 11.5 Å². The molecule has 0 aromatic carbocycles. The van der Waals surface area contributed by atoms with Crippen molar-refractivity contribution in [2.45, 2.75) is 19.3 Å². The van der Waals surface area contributed by atoms with E-state index in [0.717, 1.165) is 18.0 Å². The van der Waals surface area contributed by atoms with Crippen LogP contribution in [0.5, 0.6) is 0 Å². The van der Waals surface area contributed by atoms with Gasteiger partial charge in [-0.3, -0.25) is 9.59 Å². The number of nitrogens with one attached hydrogen (secondary N) is 2. The number of nitrogen functional groups attached to an aromatic ring is 1. The Kier molecular flexibility index (Phi) is 5.37. The number of primary amides is 1. The monoisotopic (exact) mass is 271 g/mol. The molecule has 0 saturated carbocycles.